The summed E-state index contributed by atoms with van der Waals surface area (Å²) in [6, 6.07) is 3.06. The van der Waals surface area contributed by atoms with Gasteiger partial charge in [-0.1, -0.05) is 23.3 Å². The number of halogens is 2. The number of hydrogen-bond donors (Lipinski definition) is 2. The van der Waals surface area contributed by atoms with Crippen molar-refractivity contribution in [3.8, 4) is 28.6 Å². The maximum Gasteiger partial charge on any atom is 0.239 e. The Morgan fingerprint density at radius 2 is 1.58 bits per heavy atom. The Balaban J connectivity index is 2.47. The monoisotopic (exact) mass is 456 g/mol. The lowest BCUT2D eigenvalue weighted by Crippen LogP contribution is -2.10. The molecule has 0 aliphatic carbocycles. The van der Waals surface area contributed by atoms with Gasteiger partial charge in [-0.25, -0.2) is 8.78 Å². The van der Waals surface area contributed by atoms with Gasteiger partial charge in [0.25, 0.3) is 0 Å². The molecule has 3 rings (SSSR count). The highest BCUT2D eigenvalue weighted by Gasteiger charge is 2.26. The summed E-state index contributed by atoms with van der Waals surface area (Å²) in [4.78, 5) is 13.4. The predicted octanol–water partition coefficient (Wildman–Crippen LogP) is 6.18. The van der Waals surface area contributed by atoms with Crippen molar-refractivity contribution in [2.45, 2.75) is 40.5 Å². The summed E-state index contributed by atoms with van der Waals surface area (Å²) in [5, 5.41) is 21.8. The molecular weight excluding hydrogens is 430 g/mol. The highest BCUT2D eigenvalue weighted by atomic mass is 19.2. The van der Waals surface area contributed by atoms with Gasteiger partial charge in [0.05, 0.1) is 7.11 Å². The fraction of sp³-hybridized carbons (Fsp3) is 0.269. The average Bonchev–Trinajstić information content (AvgIpc) is 2.74. The van der Waals surface area contributed by atoms with E-state index in [2.05, 4.69) is 0 Å². The van der Waals surface area contributed by atoms with Gasteiger partial charge in [0, 0.05) is 16.7 Å². The van der Waals surface area contributed by atoms with Crippen molar-refractivity contribution >= 4 is 11.0 Å². The van der Waals surface area contributed by atoms with Gasteiger partial charge in [-0.15, -0.1) is 0 Å². The number of methoxy groups -OCH3 is 1. The van der Waals surface area contributed by atoms with Crippen molar-refractivity contribution in [2.24, 2.45) is 0 Å². The Morgan fingerprint density at radius 1 is 0.970 bits per heavy atom. The van der Waals surface area contributed by atoms with E-state index in [1.807, 2.05) is 39.8 Å². The van der Waals surface area contributed by atoms with Crippen LogP contribution in [0.4, 0.5) is 8.78 Å². The van der Waals surface area contributed by atoms with Crippen LogP contribution in [0.25, 0.3) is 22.3 Å². The molecule has 0 amide bonds. The second-order valence-corrected chi connectivity index (χ2v) is 8.25. The van der Waals surface area contributed by atoms with E-state index in [1.54, 1.807) is 0 Å². The zero-order valence-electron chi connectivity index (χ0n) is 19.2. The van der Waals surface area contributed by atoms with Crippen LogP contribution in [0, 0.1) is 11.6 Å². The quantitative estimate of drug-likeness (QED) is 0.433. The van der Waals surface area contributed by atoms with Gasteiger partial charge >= 0.3 is 0 Å². The Morgan fingerprint density at radius 3 is 2.12 bits per heavy atom. The number of allylic oxidation sites excluding steroid dienone is 4. The molecule has 1 aromatic heterocycles. The summed E-state index contributed by atoms with van der Waals surface area (Å²) in [7, 11) is 1.24. The fourth-order valence-corrected chi connectivity index (χ4v) is 3.51. The van der Waals surface area contributed by atoms with E-state index >= 15 is 0 Å². The first-order valence-electron chi connectivity index (χ1n) is 10.4. The topological polar surface area (TPSA) is 79.9 Å². The maximum atomic E-state index is 13.9. The predicted molar refractivity (Wildman–Crippen MR) is 124 cm³/mol. The zero-order chi connectivity index (χ0) is 24.4. The van der Waals surface area contributed by atoms with E-state index in [0.717, 1.165) is 23.3 Å². The van der Waals surface area contributed by atoms with Crippen molar-refractivity contribution in [3.63, 3.8) is 0 Å². The summed E-state index contributed by atoms with van der Waals surface area (Å²) in [5.41, 5.74) is 1.77. The summed E-state index contributed by atoms with van der Waals surface area (Å²) in [6.07, 6.45) is 4.08. The van der Waals surface area contributed by atoms with E-state index in [1.165, 1.54) is 13.2 Å². The maximum absolute atomic E-state index is 13.9. The normalized spacial score (nSPS) is 10.9. The standard InChI is InChI=1S/C26H26F2O5/c1-13(2)6-9-16-21(29)17(10-7-14(3)4)25-20(22(16)30)23(31)26(32-5)24(33-25)15-8-11-18(27)19(28)12-15/h6-8,11-12,29-30H,9-10H2,1-5H3. The van der Waals surface area contributed by atoms with Gasteiger partial charge < -0.3 is 19.4 Å². The van der Waals surface area contributed by atoms with Gasteiger partial charge in [0.15, 0.2) is 17.4 Å². The lowest BCUT2D eigenvalue weighted by atomic mass is 9.96. The highest BCUT2D eigenvalue weighted by molar-refractivity contribution is 5.93. The largest absolute Gasteiger partial charge is 0.507 e. The van der Waals surface area contributed by atoms with Crippen molar-refractivity contribution in [2.75, 3.05) is 7.11 Å². The third kappa shape index (κ3) is 4.62. The van der Waals surface area contributed by atoms with Crippen molar-refractivity contribution in [1.82, 2.24) is 0 Å². The lowest BCUT2D eigenvalue weighted by molar-refractivity contribution is 0.396. The smallest absolute Gasteiger partial charge is 0.239 e. The number of phenolic OH excluding ortho intramolecular Hbond substituents is 2. The fourth-order valence-electron chi connectivity index (χ4n) is 3.51. The molecule has 0 aliphatic heterocycles. The third-order valence-corrected chi connectivity index (χ3v) is 5.25. The number of aromatic hydroxyl groups is 2. The Hall–Kier alpha value is -3.61. The van der Waals surface area contributed by atoms with Crippen LogP contribution >= 0.6 is 0 Å². The first kappa shape index (κ1) is 24.0. The molecule has 3 aromatic rings. The summed E-state index contributed by atoms with van der Waals surface area (Å²) in [6.45, 7) is 7.53. The van der Waals surface area contributed by atoms with Crippen LogP contribution in [0.15, 0.2) is 50.7 Å². The van der Waals surface area contributed by atoms with Crippen molar-refractivity contribution in [1.29, 1.82) is 0 Å². The van der Waals surface area contributed by atoms with E-state index < -0.39 is 22.8 Å². The molecule has 0 radical (unpaired) electrons. The molecule has 2 aromatic carbocycles. The minimum atomic E-state index is -1.12. The average molecular weight is 456 g/mol. The van der Waals surface area contributed by atoms with E-state index in [9.17, 15) is 23.8 Å². The second kappa shape index (κ2) is 9.48. The van der Waals surface area contributed by atoms with E-state index in [-0.39, 0.29) is 52.2 Å². The second-order valence-electron chi connectivity index (χ2n) is 8.25. The van der Waals surface area contributed by atoms with Crippen LogP contribution in [-0.4, -0.2) is 17.3 Å². The molecule has 0 bridgehead atoms. The minimum Gasteiger partial charge on any atom is -0.507 e. The van der Waals surface area contributed by atoms with Crippen LogP contribution in [0.5, 0.6) is 17.2 Å². The lowest BCUT2D eigenvalue weighted by Gasteiger charge is -2.16. The molecule has 1 heterocycles. The van der Waals surface area contributed by atoms with Gasteiger partial charge in [-0.2, -0.15) is 0 Å². The minimum absolute atomic E-state index is 0.0472. The molecule has 5 nitrogen and oxygen atoms in total. The number of fused-ring (bicyclic) bond motifs is 1. The Labute approximate surface area is 190 Å². The summed E-state index contributed by atoms with van der Waals surface area (Å²) < 4.78 is 38.6. The highest BCUT2D eigenvalue weighted by Crippen LogP contribution is 2.43. The molecule has 0 saturated heterocycles. The molecule has 2 N–H and O–H groups in total. The van der Waals surface area contributed by atoms with E-state index in [4.69, 9.17) is 9.15 Å². The van der Waals surface area contributed by atoms with Crippen LogP contribution in [0.2, 0.25) is 0 Å². The van der Waals surface area contributed by atoms with Crippen LogP contribution in [0.1, 0.15) is 38.8 Å². The molecule has 0 atom stereocenters. The molecule has 0 fully saturated rings. The number of phenols is 2. The van der Waals surface area contributed by atoms with Gasteiger partial charge in [0.1, 0.15) is 22.5 Å². The van der Waals surface area contributed by atoms with Crippen LogP contribution in [-0.2, 0) is 12.8 Å². The third-order valence-electron chi connectivity index (χ3n) is 5.25. The summed E-state index contributed by atoms with van der Waals surface area (Å²) >= 11 is 0. The molecule has 0 spiro atoms. The van der Waals surface area contributed by atoms with Gasteiger partial charge in [-0.05, 0) is 58.7 Å². The SMILES string of the molecule is COc1c(-c2ccc(F)c(F)c2)oc2c(CC=C(C)C)c(O)c(CC=C(C)C)c(O)c2c1=O. The van der Waals surface area contributed by atoms with Crippen LogP contribution in [0.3, 0.4) is 0 Å². The number of rotatable bonds is 6. The first-order chi connectivity index (χ1) is 15.6. The van der Waals surface area contributed by atoms with Gasteiger partial charge in [0.2, 0.25) is 11.2 Å². The van der Waals surface area contributed by atoms with Crippen molar-refractivity contribution in [3.05, 3.63) is 74.5 Å². The molecule has 0 aliphatic rings. The summed E-state index contributed by atoms with van der Waals surface area (Å²) in [5.74, 6) is -3.18. The first-order valence-corrected chi connectivity index (χ1v) is 10.4. The number of ether oxygens (including phenoxy) is 1. The number of hydrogen-bond acceptors (Lipinski definition) is 5. The Kier molecular flexibility index (Phi) is 6.91. The molecule has 0 saturated carbocycles. The van der Waals surface area contributed by atoms with Gasteiger partial charge in [-0.3, -0.25) is 4.79 Å². The molecule has 174 valence electrons. The molecule has 0 unspecified atom stereocenters. The number of benzene rings is 2. The van der Waals surface area contributed by atoms with Crippen LogP contribution < -0.4 is 10.2 Å². The zero-order valence-corrected chi connectivity index (χ0v) is 19.2. The molecular formula is C26H26F2O5. The van der Waals surface area contributed by atoms with E-state index in [0.29, 0.717) is 5.56 Å². The molecule has 7 heteroatoms. The van der Waals surface area contributed by atoms with Crippen molar-refractivity contribution < 1.29 is 28.1 Å². The Bertz CT molecular complexity index is 1340. The molecule has 33 heavy (non-hydrogen) atoms.